The van der Waals surface area contributed by atoms with Gasteiger partial charge in [-0.1, -0.05) is 298 Å². The van der Waals surface area contributed by atoms with E-state index in [4.69, 9.17) is 37.0 Å². The molecule has 522 valence electrons. The van der Waals surface area contributed by atoms with E-state index < -0.39 is 97.5 Å². The van der Waals surface area contributed by atoms with Crippen molar-refractivity contribution in [3.8, 4) is 0 Å². The third kappa shape index (κ3) is 61.6. The summed E-state index contributed by atoms with van der Waals surface area (Å²) in [6, 6.07) is 0. The summed E-state index contributed by atoms with van der Waals surface area (Å²) < 4.78 is 68.0. The third-order valence-corrected chi connectivity index (χ3v) is 18.2. The highest BCUT2D eigenvalue weighted by molar-refractivity contribution is 7.47. The topological polar surface area (TPSA) is 237 Å². The molecule has 0 aromatic carbocycles. The quantitative estimate of drug-likeness (QED) is 0.0222. The van der Waals surface area contributed by atoms with Gasteiger partial charge in [-0.15, -0.1) is 0 Å². The van der Waals surface area contributed by atoms with Gasteiger partial charge in [0, 0.05) is 25.7 Å². The van der Waals surface area contributed by atoms with E-state index in [2.05, 4.69) is 41.5 Å². The molecule has 0 aromatic heterocycles. The van der Waals surface area contributed by atoms with Gasteiger partial charge in [-0.2, -0.15) is 0 Å². The minimum Gasteiger partial charge on any atom is -0.462 e. The number of hydrogen-bond acceptors (Lipinski definition) is 15. The summed E-state index contributed by atoms with van der Waals surface area (Å²) in [5, 5.41) is 10.5. The first-order chi connectivity index (χ1) is 42.4. The zero-order valence-corrected chi connectivity index (χ0v) is 58.8. The van der Waals surface area contributed by atoms with Gasteiger partial charge in [-0.3, -0.25) is 37.3 Å². The van der Waals surface area contributed by atoms with E-state index in [1.807, 2.05) is 0 Å². The molecular formula is C69H134O17P2. The molecule has 3 unspecified atom stereocenters. The number of unbranched alkanes of at least 4 members (excludes halogenated alkanes) is 37. The number of aliphatic hydroxyl groups is 1. The van der Waals surface area contributed by atoms with E-state index in [-0.39, 0.29) is 25.7 Å². The van der Waals surface area contributed by atoms with Crippen molar-refractivity contribution in [1.29, 1.82) is 0 Å². The summed E-state index contributed by atoms with van der Waals surface area (Å²) in [6.07, 6.45) is 46.5. The minimum absolute atomic E-state index is 0.102. The molecule has 0 rings (SSSR count). The second-order valence-electron chi connectivity index (χ2n) is 25.6. The molecule has 0 heterocycles. The fraction of sp³-hybridized carbons (Fsp3) is 0.942. The number of ether oxygens (including phenoxy) is 4. The summed E-state index contributed by atoms with van der Waals surface area (Å²) in [7, 11) is -9.89. The average molecular weight is 1300 g/mol. The van der Waals surface area contributed by atoms with Crippen LogP contribution in [0.5, 0.6) is 0 Å². The molecule has 0 spiro atoms. The Hall–Kier alpha value is -1.94. The summed E-state index contributed by atoms with van der Waals surface area (Å²) in [6.45, 7) is 9.37. The molecule has 19 heteroatoms. The molecule has 88 heavy (non-hydrogen) atoms. The number of hydrogen-bond donors (Lipinski definition) is 3. The Morgan fingerprint density at radius 2 is 0.580 bits per heavy atom. The Bertz CT molecular complexity index is 1720. The zero-order valence-electron chi connectivity index (χ0n) is 57.0. The maximum atomic E-state index is 13.0. The number of esters is 4. The van der Waals surface area contributed by atoms with Crippen molar-refractivity contribution in [1.82, 2.24) is 0 Å². The monoisotopic (exact) mass is 1300 g/mol. The van der Waals surface area contributed by atoms with Gasteiger partial charge in [-0.25, -0.2) is 9.13 Å². The van der Waals surface area contributed by atoms with Gasteiger partial charge < -0.3 is 33.8 Å². The van der Waals surface area contributed by atoms with Crippen LogP contribution in [-0.2, 0) is 65.4 Å². The van der Waals surface area contributed by atoms with Gasteiger partial charge >= 0.3 is 39.5 Å². The summed E-state index contributed by atoms with van der Waals surface area (Å²) >= 11 is 0. The fourth-order valence-electron chi connectivity index (χ4n) is 10.4. The second-order valence-corrected chi connectivity index (χ2v) is 28.5. The highest BCUT2D eigenvalue weighted by Gasteiger charge is 2.30. The predicted molar refractivity (Wildman–Crippen MR) is 354 cm³/mol. The molecule has 0 aliphatic rings. The first-order valence-electron chi connectivity index (χ1n) is 36.0. The van der Waals surface area contributed by atoms with E-state index in [9.17, 15) is 43.2 Å². The van der Waals surface area contributed by atoms with Crippen LogP contribution >= 0.6 is 15.6 Å². The van der Waals surface area contributed by atoms with Crippen LogP contribution in [0.2, 0.25) is 0 Å². The molecule has 0 aliphatic heterocycles. The Morgan fingerprint density at radius 1 is 0.330 bits per heavy atom. The van der Waals surface area contributed by atoms with Crippen LogP contribution in [0, 0.1) is 11.8 Å². The van der Waals surface area contributed by atoms with Crippen LogP contribution in [0.1, 0.15) is 350 Å². The maximum Gasteiger partial charge on any atom is 0.472 e. The van der Waals surface area contributed by atoms with Gasteiger partial charge in [-0.05, 0) is 37.5 Å². The lowest BCUT2D eigenvalue weighted by atomic mass is 10.00. The van der Waals surface area contributed by atoms with Gasteiger partial charge in [0.25, 0.3) is 0 Å². The molecule has 0 aromatic rings. The lowest BCUT2D eigenvalue weighted by molar-refractivity contribution is -0.161. The van der Waals surface area contributed by atoms with Crippen molar-refractivity contribution < 1.29 is 80.2 Å². The van der Waals surface area contributed by atoms with Gasteiger partial charge in [0.15, 0.2) is 12.2 Å². The van der Waals surface area contributed by atoms with Crippen molar-refractivity contribution in [2.45, 2.75) is 368 Å². The summed E-state index contributed by atoms with van der Waals surface area (Å²) in [5.74, 6) is -0.677. The van der Waals surface area contributed by atoms with Crippen LogP contribution in [0.3, 0.4) is 0 Å². The molecule has 6 atom stereocenters. The SMILES string of the molecule is CCCCCCCCCCCCCCCCCCCCCCCC(=O)O[C@H](COC(=O)CCCCCCCCCCCC(C)C)COP(=O)(O)OC[C@@H](O)COP(=O)(O)OC[C@@H](COC(=O)CCCCCCC)OC(=O)CCCCCCCCC(C)CC. The van der Waals surface area contributed by atoms with Crippen LogP contribution in [0.25, 0.3) is 0 Å². The van der Waals surface area contributed by atoms with Gasteiger partial charge in [0.05, 0.1) is 26.4 Å². The Labute approximate surface area is 537 Å². The van der Waals surface area contributed by atoms with Crippen LogP contribution in [-0.4, -0.2) is 96.7 Å². The Balaban J connectivity index is 5.10. The van der Waals surface area contributed by atoms with Crippen LogP contribution in [0.4, 0.5) is 0 Å². The highest BCUT2D eigenvalue weighted by atomic mass is 31.2. The van der Waals surface area contributed by atoms with Crippen molar-refractivity contribution in [3.05, 3.63) is 0 Å². The number of phosphoric acid groups is 2. The van der Waals surface area contributed by atoms with E-state index in [0.29, 0.717) is 25.7 Å². The van der Waals surface area contributed by atoms with E-state index in [1.54, 1.807) is 0 Å². The molecule has 3 N–H and O–H groups in total. The fourth-order valence-corrected chi connectivity index (χ4v) is 12.0. The smallest absolute Gasteiger partial charge is 0.462 e. The second kappa shape index (κ2) is 61.3. The highest BCUT2D eigenvalue weighted by Crippen LogP contribution is 2.45. The number of phosphoric ester groups is 2. The molecule has 0 amide bonds. The van der Waals surface area contributed by atoms with Gasteiger partial charge in [0.2, 0.25) is 0 Å². The van der Waals surface area contributed by atoms with Crippen LogP contribution in [0.15, 0.2) is 0 Å². The number of carbonyl (C=O) groups is 4. The number of rotatable bonds is 68. The molecule has 0 saturated heterocycles. The number of aliphatic hydroxyl groups excluding tert-OH is 1. The lowest BCUT2D eigenvalue weighted by Crippen LogP contribution is -2.30. The number of carbonyl (C=O) groups excluding carboxylic acids is 4. The molecule has 0 aliphatic carbocycles. The van der Waals surface area contributed by atoms with Crippen molar-refractivity contribution in [2.75, 3.05) is 39.6 Å². The predicted octanol–water partition coefficient (Wildman–Crippen LogP) is 19.6. The van der Waals surface area contributed by atoms with E-state index >= 15 is 0 Å². The normalized spacial score (nSPS) is 14.5. The minimum atomic E-state index is -4.95. The third-order valence-electron chi connectivity index (χ3n) is 16.3. The largest absolute Gasteiger partial charge is 0.472 e. The molecule has 0 radical (unpaired) electrons. The van der Waals surface area contributed by atoms with E-state index in [1.165, 1.54) is 161 Å². The average Bonchev–Trinajstić information content (AvgIpc) is 3.71. The molecule has 0 bridgehead atoms. The maximum absolute atomic E-state index is 13.0. The molecule has 0 saturated carbocycles. The first kappa shape index (κ1) is 86.1. The van der Waals surface area contributed by atoms with Gasteiger partial charge in [0.1, 0.15) is 19.3 Å². The summed E-state index contributed by atoms with van der Waals surface area (Å²) in [5.41, 5.74) is 0. The molecular weight excluding hydrogens is 1160 g/mol. The van der Waals surface area contributed by atoms with Crippen molar-refractivity contribution in [2.24, 2.45) is 11.8 Å². The standard InChI is InChI=1S/C69H134O17P2/c1-7-10-12-14-15-16-17-18-19-20-21-22-23-24-25-26-27-30-34-41-47-53-68(73)85-65(58-80-67(72)52-46-40-33-31-28-29-32-38-43-49-61(4)5)60-84-88(77,78)82-56-63(70)55-81-87(75,76)83-59-64(57-79-66(71)51-45-37-13-11-8-2)86-69(74)54-48-42-36-35-39-44-50-62(6)9-3/h61-65,70H,7-60H2,1-6H3,(H,75,76)(H,77,78)/t62?,63-,64+,65+/m0/s1. The Morgan fingerprint density at radius 3 is 0.864 bits per heavy atom. The van der Waals surface area contributed by atoms with E-state index in [0.717, 1.165) is 108 Å². The molecule has 17 nitrogen and oxygen atoms in total. The first-order valence-corrected chi connectivity index (χ1v) is 39.0. The zero-order chi connectivity index (χ0) is 65.0. The lowest BCUT2D eigenvalue weighted by Gasteiger charge is -2.21. The Kier molecular flexibility index (Phi) is 59.9. The summed E-state index contributed by atoms with van der Waals surface area (Å²) in [4.78, 5) is 72.1. The van der Waals surface area contributed by atoms with Crippen molar-refractivity contribution >= 4 is 39.5 Å². The van der Waals surface area contributed by atoms with Crippen LogP contribution < -0.4 is 0 Å². The van der Waals surface area contributed by atoms with Crippen molar-refractivity contribution in [3.63, 3.8) is 0 Å². The molecule has 0 fully saturated rings.